The topological polar surface area (TPSA) is 48.4 Å². The Morgan fingerprint density at radius 3 is 2.53 bits per heavy atom. The summed E-state index contributed by atoms with van der Waals surface area (Å²) in [4.78, 5) is 5.10. The molecule has 9 heteroatoms. The van der Waals surface area contributed by atoms with E-state index in [1.807, 2.05) is 0 Å². The van der Waals surface area contributed by atoms with E-state index in [0.717, 1.165) is 23.1 Å². The highest BCUT2D eigenvalue weighted by Gasteiger charge is 2.54. The Morgan fingerprint density at radius 2 is 1.83 bits per heavy atom. The Balaban J connectivity index is 1.89. The highest BCUT2D eigenvalue weighted by molar-refractivity contribution is 5.91. The summed E-state index contributed by atoms with van der Waals surface area (Å²) in [7, 11) is 0. The molecular weight excluding hydrogens is 405 g/mol. The molecule has 1 unspecified atom stereocenters. The van der Waals surface area contributed by atoms with E-state index in [1.54, 1.807) is 36.5 Å². The van der Waals surface area contributed by atoms with Gasteiger partial charge in [0.2, 0.25) is 0 Å². The molecule has 1 atom stereocenters. The van der Waals surface area contributed by atoms with Crippen molar-refractivity contribution in [3.05, 3.63) is 66.4 Å². The molecule has 1 aromatic heterocycles. The summed E-state index contributed by atoms with van der Waals surface area (Å²) in [5.41, 5.74) is -2.64. The molecule has 0 aliphatic carbocycles. The number of aliphatic hydroxyl groups is 1. The van der Waals surface area contributed by atoms with Gasteiger partial charge in [-0.05, 0) is 43.3 Å². The van der Waals surface area contributed by atoms with Gasteiger partial charge >= 0.3 is 6.18 Å². The zero-order valence-electron chi connectivity index (χ0n) is 16.0. The number of likely N-dealkylation sites (N-methyl/N-ethyl adjacent to an activating group) is 1. The summed E-state index contributed by atoms with van der Waals surface area (Å²) in [5, 5.41) is 13.8. The van der Waals surface area contributed by atoms with Crippen LogP contribution in [0.15, 0.2) is 54.7 Å². The van der Waals surface area contributed by atoms with E-state index < -0.39 is 36.5 Å². The van der Waals surface area contributed by atoms with Crippen LogP contribution < -0.4 is 10.2 Å². The molecule has 0 bridgehead atoms. The number of benzene rings is 2. The summed E-state index contributed by atoms with van der Waals surface area (Å²) < 4.78 is 69.1. The number of aromatic nitrogens is 1. The molecule has 160 valence electrons. The van der Waals surface area contributed by atoms with Crippen LogP contribution >= 0.6 is 0 Å². The molecule has 0 saturated heterocycles. The molecule has 2 N–H and O–H groups in total. The van der Waals surface area contributed by atoms with E-state index in [9.17, 15) is 27.1 Å². The van der Waals surface area contributed by atoms with Crippen molar-refractivity contribution in [3.63, 3.8) is 0 Å². The van der Waals surface area contributed by atoms with Gasteiger partial charge in [0.15, 0.2) is 5.60 Å². The third-order valence-electron chi connectivity index (χ3n) is 4.83. The van der Waals surface area contributed by atoms with E-state index in [0.29, 0.717) is 16.6 Å². The first-order valence-electron chi connectivity index (χ1n) is 9.21. The first-order chi connectivity index (χ1) is 14.1. The molecule has 0 aliphatic rings. The maximum absolute atomic E-state index is 14.1. The minimum absolute atomic E-state index is 0.0725. The standard InChI is InChI=1S/C21H20F5N3O/c1-2-29(19-11-14(22)8-9-16(19)23)13-20(30,21(24,25)26)12-28-18-7-3-6-17-15(18)5-4-10-27-17/h3-11,28,30H,2,12-13H2,1H3. The predicted octanol–water partition coefficient (Wildman–Crippen LogP) is 4.74. The lowest BCUT2D eigenvalue weighted by atomic mass is 10.0. The summed E-state index contributed by atoms with van der Waals surface area (Å²) in [6, 6.07) is 10.8. The molecule has 0 fully saturated rings. The monoisotopic (exact) mass is 425 g/mol. The van der Waals surface area contributed by atoms with Crippen LogP contribution in [0.5, 0.6) is 0 Å². The maximum Gasteiger partial charge on any atom is 0.420 e. The minimum atomic E-state index is -5.03. The van der Waals surface area contributed by atoms with E-state index >= 15 is 0 Å². The van der Waals surface area contributed by atoms with Crippen LogP contribution in [0.4, 0.5) is 33.3 Å². The van der Waals surface area contributed by atoms with Gasteiger partial charge in [0, 0.05) is 29.9 Å². The fourth-order valence-corrected chi connectivity index (χ4v) is 3.16. The van der Waals surface area contributed by atoms with Crippen LogP contribution in [0, 0.1) is 11.6 Å². The number of rotatable bonds is 7. The molecule has 0 radical (unpaired) electrons. The van der Waals surface area contributed by atoms with Gasteiger partial charge in [-0.3, -0.25) is 4.98 Å². The van der Waals surface area contributed by atoms with Crippen LogP contribution in [0.3, 0.4) is 0 Å². The first-order valence-corrected chi connectivity index (χ1v) is 9.21. The van der Waals surface area contributed by atoms with E-state index in [4.69, 9.17) is 0 Å². The number of nitrogens with one attached hydrogen (secondary N) is 1. The number of anilines is 2. The minimum Gasteiger partial charge on any atom is -0.381 e. The van der Waals surface area contributed by atoms with Crippen molar-refractivity contribution in [2.24, 2.45) is 0 Å². The van der Waals surface area contributed by atoms with Crippen molar-refractivity contribution in [2.75, 3.05) is 29.9 Å². The smallest absolute Gasteiger partial charge is 0.381 e. The lowest BCUT2D eigenvalue weighted by Crippen LogP contribution is -2.58. The fourth-order valence-electron chi connectivity index (χ4n) is 3.16. The number of hydrogen-bond donors (Lipinski definition) is 2. The third kappa shape index (κ3) is 4.46. The number of alkyl halides is 3. The number of pyridine rings is 1. The molecule has 0 amide bonds. The highest BCUT2D eigenvalue weighted by atomic mass is 19.4. The van der Waals surface area contributed by atoms with E-state index in [-0.39, 0.29) is 12.2 Å². The van der Waals surface area contributed by atoms with Crippen molar-refractivity contribution in [3.8, 4) is 0 Å². The summed E-state index contributed by atoms with van der Waals surface area (Å²) >= 11 is 0. The van der Waals surface area contributed by atoms with E-state index in [2.05, 4.69) is 10.3 Å². The van der Waals surface area contributed by atoms with Gasteiger partial charge in [-0.15, -0.1) is 0 Å². The second-order valence-electron chi connectivity index (χ2n) is 6.87. The van der Waals surface area contributed by atoms with Crippen molar-refractivity contribution >= 4 is 22.3 Å². The number of halogens is 5. The van der Waals surface area contributed by atoms with Gasteiger partial charge < -0.3 is 15.3 Å². The van der Waals surface area contributed by atoms with Gasteiger partial charge in [-0.2, -0.15) is 13.2 Å². The molecule has 0 aliphatic heterocycles. The van der Waals surface area contributed by atoms with Gasteiger partial charge in [-0.1, -0.05) is 6.07 Å². The predicted molar refractivity (Wildman–Crippen MR) is 105 cm³/mol. The van der Waals surface area contributed by atoms with E-state index in [1.165, 1.54) is 6.92 Å². The number of fused-ring (bicyclic) bond motifs is 1. The SMILES string of the molecule is CCN(CC(O)(CNc1cccc2ncccc12)C(F)(F)F)c1cc(F)ccc1F. The van der Waals surface area contributed by atoms with Gasteiger partial charge in [0.05, 0.1) is 24.3 Å². The highest BCUT2D eigenvalue weighted by Crippen LogP contribution is 2.34. The second-order valence-corrected chi connectivity index (χ2v) is 6.87. The largest absolute Gasteiger partial charge is 0.420 e. The molecule has 0 saturated carbocycles. The number of hydrogen-bond acceptors (Lipinski definition) is 4. The zero-order valence-corrected chi connectivity index (χ0v) is 16.0. The quantitative estimate of drug-likeness (QED) is 0.537. The van der Waals surface area contributed by atoms with Crippen molar-refractivity contribution in [1.82, 2.24) is 4.98 Å². The Labute approximate surface area is 170 Å². The molecule has 0 spiro atoms. The van der Waals surface area contributed by atoms with Crippen molar-refractivity contribution in [1.29, 1.82) is 0 Å². The lowest BCUT2D eigenvalue weighted by molar-refractivity contribution is -0.250. The van der Waals surface area contributed by atoms with Crippen molar-refractivity contribution in [2.45, 2.75) is 18.7 Å². The summed E-state index contributed by atoms with van der Waals surface area (Å²) in [6.07, 6.45) is -3.47. The average molecular weight is 425 g/mol. The summed E-state index contributed by atoms with van der Waals surface area (Å²) in [6.45, 7) is -0.455. The fraction of sp³-hybridized carbons (Fsp3) is 0.286. The lowest BCUT2D eigenvalue weighted by Gasteiger charge is -2.36. The van der Waals surface area contributed by atoms with Gasteiger partial charge in [0.1, 0.15) is 11.6 Å². The van der Waals surface area contributed by atoms with Crippen LogP contribution in [0.1, 0.15) is 6.92 Å². The molecule has 3 aromatic rings. The number of nitrogens with zero attached hydrogens (tertiary/aromatic N) is 2. The Bertz CT molecular complexity index is 1020. The average Bonchev–Trinajstić information content (AvgIpc) is 2.71. The van der Waals surface area contributed by atoms with Crippen molar-refractivity contribution < 1.29 is 27.1 Å². The Kier molecular flexibility index (Phi) is 6.12. The summed E-state index contributed by atoms with van der Waals surface area (Å²) in [5.74, 6) is -1.67. The van der Waals surface area contributed by atoms with Crippen LogP contribution in [-0.2, 0) is 0 Å². The third-order valence-corrected chi connectivity index (χ3v) is 4.83. The Hall–Kier alpha value is -2.94. The molecule has 1 heterocycles. The maximum atomic E-state index is 14.1. The normalized spacial score (nSPS) is 13.8. The van der Waals surface area contributed by atoms with Gasteiger partial charge in [-0.25, -0.2) is 8.78 Å². The van der Waals surface area contributed by atoms with Crippen LogP contribution in [-0.4, -0.2) is 41.5 Å². The molecule has 2 aromatic carbocycles. The van der Waals surface area contributed by atoms with Crippen LogP contribution in [0.25, 0.3) is 10.9 Å². The molecular formula is C21H20F5N3O. The second kappa shape index (κ2) is 8.43. The van der Waals surface area contributed by atoms with Gasteiger partial charge in [0.25, 0.3) is 0 Å². The first kappa shape index (κ1) is 21.8. The molecule has 30 heavy (non-hydrogen) atoms. The molecule has 4 nitrogen and oxygen atoms in total. The van der Waals surface area contributed by atoms with Crippen LogP contribution in [0.2, 0.25) is 0 Å². The Morgan fingerprint density at radius 1 is 1.07 bits per heavy atom. The molecule has 3 rings (SSSR count). The zero-order chi connectivity index (χ0) is 21.9.